The van der Waals surface area contributed by atoms with Crippen molar-refractivity contribution in [2.24, 2.45) is 0 Å². The van der Waals surface area contributed by atoms with Crippen LogP contribution in [-0.2, 0) is 6.67 Å². The van der Waals surface area contributed by atoms with Crippen LogP contribution in [-0.4, -0.2) is 16.0 Å². The molecule has 1 aromatic carbocycles. The van der Waals surface area contributed by atoms with E-state index in [1.165, 1.54) is 4.68 Å². The Kier molecular flexibility index (Phi) is 2.58. The highest BCUT2D eigenvalue weighted by molar-refractivity contribution is 5.64. The van der Waals surface area contributed by atoms with Crippen LogP contribution in [0, 0.1) is 0 Å². The summed E-state index contributed by atoms with van der Waals surface area (Å²) in [6.45, 7) is 0.0213. The van der Waals surface area contributed by atoms with Gasteiger partial charge in [0.15, 0.2) is 0 Å². The van der Waals surface area contributed by atoms with Gasteiger partial charge in [-0.05, 0) is 12.1 Å². The summed E-state index contributed by atoms with van der Waals surface area (Å²) in [5.74, 6) is 0. The monoisotopic (exact) mass is 265 g/mol. The molecule has 0 saturated carbocycles. The summed E-state index contributed by atoms with van der Waals surface area (Å²) >= 11 is 0. The van der Waals surface area contributed by atoms with Crippen molar-refractivity contribution in [3.63, 3.8) is 0 Å². The summed E-state index contributed by atoms with van der Waals surface area (Å²) in [7, 11) is 0. The van der Waals surface area contributed by atoms with Gasteiger partial charge in [0.2, 0.25) is 0 Å². The highest BCUT2D eigenvalue weighted by Crippen LogP contribution is 2.29. The number of benzene rings is 1. The van der Waals surface area contributed by atoms with Gasteiger partial charge in [0.05, 0.1) is 11.4 Å². The van der Waals surface area contributed by atoms with Crippen molar-refractivity contribution in [1.29, 1.82) is 0 Å². The van der Waals surface area contributed by atoms with Gasteiger partial charge in [-0.1, -0.05) is 30.3 Å². The minimum Gasteiger partial charge on any atom is -0.362 e. The van der Waals surface area contributed by atoms with Crippen molar-refractivity contribution >= 4 is 6.08 Å². The molecule has 0 aliphatic carbocycles. The predicted molar refractivity (Wildman–Crippen MR) is 64.8 cm³/mol. The summed E-state index contributed by atoms with van der Waals surface area (Å²) < 4.78 is 39.3. The van der Waals surface area contributed by atoms with E-state index >= 15 is 0 Å². The van der Waals surface area contributed by atoms with Crippen LogP contribution in [0.3, 0.4) is 0 Å². The van der Waals surface area contributed by atoms with Crippen LogP contribution in [0.5, 0.6) is 0 Å². The maximum Gasteiger partial charge on any atom is 0.431 e. The van der Waals surface area contributed by atoms with E-state index in [-0.39, 0.29) is 6.67 Å². The highest BCUT2D eigenvalue weighted by atomic mass is 19.4. The highest BCUT2D eigenvalue weighted by Gasteiger charge is 2.35. The molecule has 1 aromatic heterocycles. The molecule has 1 aliphatic heterocycles. The fourth-order valence-corrected chi connectivity index (χ4v) is 1.97. The van der Waals surface area contributed by atoms with Crippen LogP contribution in [0.2, 0.25) is 0 Å². The Morgan fingerprint density at radius 1 is 1.16 bits per heavy atom. The molecule has 3 rings (SSSR count). The minimum atomic E-state index is -4.36. The lowest BCUT2D eigenvalue weighted by Crippen LogP contribution is -2.31. The Hall–Kier alpha value is -2.24. The normalized spacial score (nSPS) is 14.6. The zero-order valence-corrected chi connectivity index (χ0v) is 9.78. The molecular formula is C13H10F3N3. The Morgan fingerprint density at radius 3 is 2.58 bits per heavy atom. The zero-order valence-electron chi connectivity index (χ0n) is 9.78. The average molecular weight is 265 g/mol. The molecule has 6 heteroatoms. The van der Waals surface area contributed by atoms with Crippen LogP contribution in [0.4, 0.5) is 13.2 Å². The van der Waals surface area contributed by atoms with Crippen molar-refractivity contribution < 1.29 is 13.2 Å². The molecule has 0 fully saturated rings. The number of rotatable bonds is 1. The number of fused-ring (bicyclic) bond motifs is 1. The fourth-order valence-electron chi connectivity index (χ4n) is 1.97. The third kappa shape index (κ3) is 2.21. The standard InChI is InChI=1S/C13H10F3N3/c14-13(15,16)12-7-10-6-11(18-19(10)8-17-12)9-4-2-1-3-5-9/h1-7,17H,8H2. The van der Waals surface area contributed by atoms with Crippen molar-refractivity contribution in [2.75, 3.05) is 0 Å². The van der Waals surface area contributed by atoms with Crippen LogP contribution in [0.25, 0.3) is 17.3 Å². The molecule has 1 N–H and O–H groups in total. The summed E-state index contributed by atoms with van der Waals surface area (Å²) in [6, 6.07) is 11.0. The van der Waals surface area contributed by atoms with Crippen LogP contribution in [0.15, 0.2) is 42.1 Å². The van der Waals surface area contributed by atoms with E-state index in [1.54, 1.807) is 6.07 Å². The molecule has 19 heavy (non-hydrogen) atoms. The lowest BCUT2D eigenvalue weighted by molar-refractivity contribution is -0.0969. The molecular weight excluding hydrogens is 255 g/mol. The quantitative estimate of drug-likeness (QED) is 0.859. The first-order valence-corrected chi connectivity index (χ1v) is 5.70. The van der Waals surface area contributed by atoms with E-state index in [0.29, 0.717) is 11.4 Å². The number of aromatic nitrogens is 2. The zero-order chi connectivity index (χ0) is 13.5. The van der Waals surface area contributed by atoms with E-state index < -0.39 is 11.9 Å². The summed E-state index contributed by atoms with van der Waals surface area (Å²) in [4.78, 5) is 0. The molecule has 1 aliphatic rings. The van der Waals surface area contributed by atoms with Crippen molar-refractivity contribution in [3.05, 3.63) is 47.8 Å². The summed E-state index contributed by atoms with van der Waals surface area (Å²) in [5.41, 5.74) is 1.26. The van der Waals surface area contributed by atoms with E-state index in [9.17, 15) is 13.2 Å². The molecule has 0 amide bonds. The molecule has 3 nitrogen and oxygen atoms in total. The van der Waals surface area contributed by atoms with Gasteiger partial charge in [0.1, 0.15) is 12.4 Å². The summed E-state index contributed by atoms with van der Waals surface area (Å²) in [6.07, 6.45) is -3.29. The molecule has 2 aromatic rings. The van der Waals surface area contributed by atoms with Crippen molar-refractivity contribution in [2.45, 2.75) is 12.8 Å². The maximum absolute atomic E-state index is 12.6. The topological polar surface area (TPSA) is 29.9 Å². The lowest BCUT2D eigenvalue weighted by atomic mass is 10.1. The number of hydrogen-bond acceptors (Lipinski definition) is 2. The number of allylic oxidation sites excluding steroid dienone is 1. The minimum absolute atomic E-state index is 0.0213. The first-order chi connectivity index (χ1) is 9.04. The SMILES string of the molecule is FC(F)(F)C1=Cc2cc(-c3ccccc3)nn2CN1. The van der Waals surface area contributed by atoms with E-state index in [4.69, 9.17) is 0 Å². The van der Waals surface area contributed by atoms with Gasteiger partial charge >= 0.3 is 6.18 Å². The number of nitrogens with one attached hydrogen (secondary N) is 1. The van der Waals surface area contributed by atoms with Crippen LogP contribution >= 0.6 is 0 Å². The Labute approximate surface area is 107 Å². The molecule has 0 spiro atoms. The van der Waals surface area contributed by atoms with Gasteiger partial charge in [-0.25, -0.2) is 4.68 Å². The van der Waals surface area contributed by atoms with Crippen molar-refractivity contribution in [3.8, 4) is 11.3 Å². The molecule has 0 radical (unpaired) electrons. The second kappa shape index (κ2) is 4.15. The Balaban J connectivity index is 2.00. The Bertz CT molecular complexity index is 626. The first kappa shape index (κ1) is 11.8. The molecule has 98 valence electrons. The van der Waals surface area contributed by atoms with Gasteiger partial charge < -0.3 is 5.32 Å². The lowest BCUT2D eigenvalue weighted by Gasteiger charge is -2.19. The number of hydrogen-bond donors (Lipinski definition) is 1. The molecule has 0 unspecified atom stereocenters. The number of halogens is 3. The number of alkyl halides is 3. The van der Waals surface area contributed by atoms with Crippen molar-refractivity contribution in [1.82, 2.24) is 15.1 Å². The van der Waals surface area contributed by atoms with Crippen LogP contribution in [0.1, 0.15) is 5.69 Å². The molecule has 0 saturated heterocycles. The third-order valence-electron chi connectivity index (χ3n) is 2.90. The van der Waals surface area contributed by atoms with Gasteiger partial charge in [0, 0.05) is 5.56 Å². The predicted octanol–water partition coefficient (Wildman–Crippen LogP) is 3.01. The maximum atomic E-state index is 12.6. The smallest absolute Gasteiger partial charge is 0.362 e. The van der Waals surface area contributed by atoms with E-state index in [0.717, 1.165) is 11.6 Å². The summed E-state index contributed by atoms with van der Waals surface area (Å²) in [5, 5.41) is 6.60. The largest absolute Gasteiger partial charge is 0.431 e. The van der Waals surface area contributed by atoms with Gasteiger partial charge in [0.25, 0.3) is 0 Å². The molecule has 2 heterocycles. The molecule has 0 atom stereocenters. The van der Waals surface area contributed by atoms with Gasteiger partial charge in [-0.15, -0.1) is 0 Å². The fraction of sp³-hybridized carbons (Fsp3) is 0.154. The van der Waals surface area contributed by atoms with Crippen LogP contribution < -0.4 is 5.32 Å². The van der Waals surface area contributed by atoms with E-state index in [1.807, 2.05) is 30.3 Å². The third-order valence-corrected chi connectivity index (χ3v) is 2.90. The number of nitrogens with zero attached hydrogens (tertiary/aromatic N) is 2. The second-order valence-corrected chi connectivity index (χ2v) is 4.21. The average Bonchev–Trinajstić information content (AvgIpc) is 2.81. The van der Waals surface area contributed by atoms with Gasteiger partial charge in [-0.2, -0.15) is 18.3 Å². The second-order valence-electron chi connectivity index (χ2n) is 4.21. The van der Waals surface area contributed by atoms with E-state index in [2.05, 4.69) is 10.4 Å². The molecule has 0 bridgehead atoms. The Morgan fingerprint density at radius 2 is 1.89 bits per heavy atom. The van der Waals surface area contributed by atoms with Gasteiger partial charge in [-0.3, -0.25) is 0 Å². The first-order valence-electron chi connectivity index (χ1n) is 5.70.